The van der Waals surface area contributed by atoms with E-state index in [0.717, 1.165) is 11.1 Å². The van der Waals surface area contributed by atoms with E-state index in [1.165, 1.54) is 13.2 Å². The number of rotatable bonds is 5. The van der Waals surface area contributed by atoms with Gasteiger partial charge in [-0.15, -0.1) is 0 Å². The van der Waals surface area contributed by atoms with Crippen LogP contribution in [0.1, 0.15) is 23.1 Å². The molecule has 0 heterocycles. The maximum absolute atomic E-state index is 12.6. The molecular weight excluding hydrogens is 332 g/mol. The number of benzene rings is 2. The summed E-state index contributed by atoms with van der Waals surface area (Å²) in [5, 5.41) is 21.5. The van der Waals surface area contributed by atoms with Crippen LogP contribution in [0.4, 0.5) is 5.69 Å². The van der Waals surface area contributed by atoms with Crippen molar-refractivity contribution < 1.29 is 19.4 Å². The fourth-order valence-electron chi connectivity index (χ4n) is 3.42. The Labute approximate surface area is 151 Å². The SMILES string of the molecule is COc1ccc(C#N)cc1NC(=O)CC1(C(=O)O)Cc2ccccc2C1. The third kappa shape index (κ3) is 3.24. The molecule has 2 aromatic rings. The predicted octanol–water partition coefficient (Wildman–Crippen LogP) is 2.77. The lowest BCUT2D eigenvalue weighted by molar-refractivity contribution is -0.150. The van der Waals surface area contributed by atoms with Gasteiger partial charge in [0.25, 0.3) is 0 Å². The summed E-state index contributed by atoms with van der Waals surface area (Å²) < 4.78 is 5.20. The molecule has 0 spiro atoms. The first-order valence-electron chi connectivity index (χ1n) is 8.15. The number of hydrogen-bond donors (Lipinski definition) is 2. The van der Waals surface area contributed by atoms with Crippen LogP contribution in [-0.4, -0.2) is 24.1 Å². The molecule has 0 fully saturated rings. The van der Waals surface area contributed by atoms with Gasteiger partial charge in [0, 0.05) is 6.42 Å². The van der Waals surface area contributed by atoms with Crippen LogP contribution in [0.2, 0.25) is 0 Å². The lowest BCUT2D eigenvalue weighted by Crippen LogP contribution is -2.36. The largest absolute Gasteiger partial charge is 0.495 e. The number of nitriles is 1. The molecule has 132 valence electrons. The number of nitrogens with one attached hydrogen (secondary N) is 1. The number of anilines is 1. The zero-order chi connectivity index (χ0) is 18.7. The van der Waals surface area contributed by atoms with Crippen LogP contribution in [-0.2, 0) is 22.4 Å². The maximum atomic E-state index is 12.6. The molecule has 26 heavy (non-hydrogen) atoms. The fourth-order valence-corrected chi connectivity index (χ4v) is 3.42. The minimum absolute atomic E-state index is 0.156. The maximum Gasteiger partial charge on any atom is 0.310 e. The second-order valence-electron chi connectivity index (χ2n) is 6.46. The topological polar surface area (TPSA) is 99.4 Å². The first-order chi connectivity index (χ1) is 12.5. The van der Waals surface area contributed by atoms with E-state index in [1.54, 1.807) is 12.1 Å². The number of hydrogen-bond acceptors (Lipinski definition) is 4. The molecule has 0 aliphatic heterocycles. The first-order valence-corrected chi connectivity index (χ1v) is 8.15. The number of aliphatic carboxylic acids is 1. The molecule has 0 bridgehead atoms. The van der Waals surface area contributed by atoms with Gasteiger partial charge in [0.2, 0.25) is 5.91 Å². The van der Waals surface area contributed by atoms with E-state index in [1.807, 2.05) is 30.3 Å². The molecule has 0 radical (unpaired) electrons. The first kappa shape index (κ1) is 17.5. The molecule has 6 nitrogen and oxygen atoms in total. The number of nitrogens with zero attached hydrogens (tertiary/aromatic N) is 1. The van der Waals surface area contributed by atoms with Crippen molar-refractivity contribution >= 4 is 17.6 Å². The highest BCUT2D eigenvalue weighted by Gasteiger charge is 2.45. The van der Waals surface area contributed by atoms with Crippen molar-refractivity contribution in [3.8, 4) is 11.8 Å². The van der Waals surface area contributed by atoms with E-state index in [4.69, 9.17) is 10.00 Å². The van der Waals surface area contributed by atoms with Crippen LogP contribution >= 0.6 is 0 Å². The number of carboxylic acids is 1. The Morgan fingerprint density at radius 1 is 1.23 bits per heavy atom. The minimum atomic E-state index is -1.16. The molecule has 0 saturated heterocycles. The smallest absolute Gasteiger partial charge is 0.310 e. The standard InChI is InChI=1S/C20H18N2O4/c1-26-17-7-6-13(12-21)8-16(17)22-18(23)11-20(19(24)25)9-14-4-2-3-5-15(14)10-20/h2-8H,9-11H2,1H3,(H,22,23)(H,24,25). The lowest BCUT2D eigenvalue weighted by atomic mass is 9.81. The third-order valence-electron chi connectivity index (χ3n) is 4.73. The van der Waals surface area contributed by atoms with E-state index in [0.29, 0.717) is 29.8 Å². The van der Waals surface area contributed by atoms with Crippen LogP contribution in [0.3, 0.4) is 0 Å². The van der Waals surface area contributed by atoms with E-state index in [-0.39, 0.29) is 6.42 Å². The summed E-state index contributed by atoms with van der Waals surface area (Å²) >= 11 is 0. The van der Waals surface area contributed by atoms with Gasteiger partial charge in [-0.05, 0) is 42.2 Å². The average Bonchev–Trinajstić information content (AvgIpc) is 3.00. The van der Waals surface area contributed by atoms with Crippen LogP contribution < -0.4 is 10.1 Å². The number of carbonyl (C=O) groups excluding carboxylic acids is 1. The van der Waals surface area contributed by atoms with Gasteiger partial charge >= 0.3 is 5.97 Å². The zero-order valence-corrected chi connectivity index (χ0v) is 14.3. The number of carbonyl (C=O) groups is 2. The summed E-state index contributed by atoms with van der Waals surface area (Å²) in [7, 11) is 1.46. The van der Waals surface area contributed by atoms with Crippen LogP contribution in [0.25, 0.3) is 0 Å². The number of methoxy groups -OCH3 is 1. The summed E-state index contributed by atoms with van der Waals surface area (Å²) in [5.74, 6) is -0.994. The van der Waals surface area contributed by atoms with Crippen molar-refractivity contribution in [3.05, 3.63) is 59.2 Å². The van der Waals surface area contributed by atoms with Gasteiger partial charge < -0.3 is 15.2 Å². The highest BCUT2D eigenvalue weighted by atomic mass is 16.5. The molecule has 1 aliphatic carbocycles. The van der Waals surface area contributed by atoms with Crippen molar-refractivity contribution in [1.29, 1.82) is 5.26 Å². The van der Waals surface area contributed by atoms with Crippen molar-refractivity contribution in [3.63, 3.8) is 0 Å². The van der Waals surface area contributed by atoms with Crippen molar-refractivity contribution in [2.75, 3.05) is 12.4 Å². The molecular formula is C20H18N2O4. The highest BCUT2D eigenvalue weighted by molar-refractivity contribution is 5.96. The molecule has 1 amide bonds. The van der Waals surface area contributed by atoms with Gasteiger partial charge in [0.05, 0.1) is 29.8 Å². The monoisotopic (exact) mass is 350 g/mol. The Kier molecular flexibility index (Phi) is 4.63. The molecule has 1 aliphatic rings. The van der Waals surface area contributed by atoms with Crippen LogP contribution in [0.15, 0.2) is 42.5 Å². The predicted molar refractivity (Wildman–Crippen MR) is 94.9 cm³/mol. The van der Waals surface area contributed by atoms with E-state index in [9.17, 15) is 14.7 Å². The van der Waals surface area contributed by atoms with E-state index >= 15 is 0 Å². The van der Waals surface area contributed by atoms with E-state index < -0.39 is 17.3 Å². The van der Waals surface area contributed by atoms with Gasteiger partial charge in [0.15, 0.2) is 0 Å². The Morgan fingerprint density at radius 2 is 1.88 bits per heavy atom. The highest BCUT2D eigenvalue weighted by Crippen LogP contribution is 2.40. The van der Waals surface area contributed by atoms with Gasteiger partial charge in [-0.3, -0.25) is 9.59 Å². The van der Waals surface area contributed by atoms with Gasteiger partial charge in [-0.1, -0.05) is 24.3 Å². The Bertz CT molecular complexity index is 889. The number of ether oxygens (including phenoxy) is 1. The normalized spacial score (nSPS) is 14.2. The molecule has 2 aromatic carbocycles. The summed E-state index contributed by atoms with van der Waals surface area (Å²) in [4.78, 5) is 24.5. The Balaban J connectivity index is 1.81. The summed E-state index contributed by atoms with van der Waals surface area (Å²) in [6.07, 6.45) is 0.486. The molecule has 0 aromatic heterocycles. The summed E-state index contributed by atoms with van der Waals surface area (Å²) in [6, 6.07) is 14.2. The summed E-state index contributed by atoms with van der Waals surface area (Å²) in [5.41, 5.74) is 1.50. The van der Waals surface area contributed by atoms with Crippen molar-refractivity contribution in [2.45, 2.75) is 19.3 Å². The fraction of sp³-hybridized carbons (Fsp3) is 0.250. The molecule has 0 saturated carbocycles. The summed E-state index contributed by atoms with van der Waals surface area (Å²) in [6.45, 7) is 0. The quantitative estimate of drug-likeness (QED) is 0.864. The number of carboxylic acid groups (broad SMARTS) is 1. The number of amides is 1. The molecule has 2 N–H and O–H groups in total. The van der Waals surface area contributed by atoms with E-state index in [2.05, 4.69) is 5.32 Å². The van der Waals surface area contributed by atoms with Crippen molar-refractivity contribution in [2.24, 2.45) is 5.41 Å². The van der Waals surface area contributed by atoms with Gasteiger partial charge in [0.1, 0.15) is 5.75 Å². The zero-order valence-electron chi connectivity index (χ0n) is 14.3. The molecule has 6 heteroatoms. The second-order valence-corrected chi connectivity index (χ2v) is 6.46. The minimum Gasteiger partial charge on any atom is -0.495 e. The van der Waals surface area contributed by atoms with Gasteiger partial charge in [-0.25, -0.2) is 0 Å². The lowest BCUT2D eigenvalue weighted by Gasteiger charge is -2.23. The molecule has 3 rings (SSSR count). The number of fused-ring (bicyclic) bond motifs is 1. The Hall–Kier alpha value is -3.33. The van der Waals surface area contributed by atoms with Crippen LogP contribution in [0.5, 0.6) is 5.75 Å². The second kappa shape index (κ2) is 6.89. The molecule has 0 atom stereocenters. The Morgan fingerprint density at radius 3 is 2.42 bits per heavy atom. The average molecular weight is 350 g/mol. The van der Waals surface area contributed by atoms with Gasteiger partial charge in [-0.2, -0.15) is 5.26 Å². The molecule has 0 unspecified atom stereocenters. The van der Waals surface area contributed by atoms with Crippen LogP contribution in [0, 0.1) is 16.7 Å². The van der Waals surface area contributed by atoms with Crippen molar-refractivity contribution in [1.82, 2.24) is 0 Å². The third-order valence-corrected chi connectivity index (χ3v) is 4.73.